The molecule has 2 heterocycles. The summed E-state index contributed by atoms with van der Waals surface area (Å²) in [6, 6.07) is 17.4. The third kappa shape index (κ3) is 3.30. The monoisotopic (exact) mass is 373 g/mol. The van der Waals surface area contributed by atoms with Crippen molar-refractivity contribution < 1.29 is 10.0 Å². The van der Waals surface area contributed by atoms with Gasteiger partial charge in [0.1, 0.15) is 5.52 Å². The molecule has 3 N–H and O–H groups in total. The number of fused-ring (bicyclic) bond motifs is 1. The average Bonchev–Trinajstić information content (AvgIpc) is 2.68. The van der Waals surface area contributed by atoms with Crippen LogP contribution in [-0.4, -0.2) is 25.0 Å². The Morgan fingerprint density at radius 2 is 1.79 bits per heavy atom. The van der Waals surface area contributed by atoms with E-state index in [1.807, 2.05) is 30.3 Å². The molecule has 0 fully saturated rings. The van der Waals surface area contributed by atoms with Gasteiger partial charge in [-0.15, -0.1) is 0 Å². The number of aromatic hydroxyl groups is 1. The average molecular weight is 373 g/mol. The summed E-state index contributed by atoms with van der Waals surface area (Å²) in [6.45, 7) is 0. The van der Waals surface area contributed by atoms with Crippen LogP contribution < -0.4 is 5.73 Å². The number of hydrogen-bond donors (Lipinski definition) is 2. The lowest BCUT2D eigenvalue weighted by Crippen LogP contribution is -2.03. The Morgan fingerprint density at radius 3 is 2.54 bits per heavy atom. The van der Waals surface area contributed by atoms with Crippen LogP contribution >= 0.6 is 0 Å². The number of phenolic OH excluding ortho intramolecular Hbond substituents is 1. The van der Waals surface area contributed by atoms with Gasteiger partial charge in [0.05, 0.1) is 21.8 Å². The van der Waals surface area contributed by atoms with Crippen molar-refractivity contribution in [3.63, 3.8) is 0 Å². The van der Waals surface area contributed by atoms with Gasteiger partial charge in [-0.25, -0.2) is 15.0 Å². The van der Waals surface area contributed by atoms with E-state index in [1.54, 1.807) is 18.2 Å². The molecule has 28 heavy (non-hydrogen) atoms. The van der Waals surface area contributed by atoms with E-state index in [-0.39, 0.29) is 11.6 Å². The van der Waals surface area contributed by atoms with Crippen LogP contribution in [0.25, 0.3) is 22.3 Å². The van der Waals surface area contributed by atoms with Crippen LogP contribution in [0, 0.1) is 10.1 Å². The number of nitrogens with two attached hydrogens (primary N) is 1. The van der Waals surface area contributed by atoms with Gasteiger partial charge in [-0.1, -0.05) is 30.3 Å². The van der Waals surface area contributed by atoms with E-state index in [4.69, 9.17) is 5.73 Å². The van der Waals surface area contributed by atoms with Gasteiger partial charge in [-0.3, -0.25) is 10.1 Å². The molecule has 0 unspecified atom stereocenters. The molecule has 8 heteroatoms. The maximum absolute atomic E-state index is 11.1. The van der Waals surface area contributed by atoms with E-state index in [0.29, 0.717) is 34.4 Å². The lowest BCUT2D eigenvalue weighted by Gasteiger charge is -2.09. The highest BCUT2D eigenvalue weighted by atomic mass is 16.6. The Labute approximate surface area is 159 Å². The van der Waals surface area contributed by atoms with Gasteiger partial charge in [-0.05, 0) is 29.8 Å². The quantitative estimate of drug-likeness (QED) is 0.414. The standard InChI is InChI=1S/C20H15N5O3/c21-20-23-15-8-7-14(13-6-9-18(26)17(11-13)25(27)28)22-19(15)16(24-20)10-12-4-2-1-3-5-12/h1-9,11,26H,10H2,(H2,21,23,24). The molecule has 0 bridgehead atoms. The molecule has 0 aliphatic rings. The van der Waals surface area contributed by atoms with E-state index in [1.165, 1.54) is 12.1 Å². The number of benzene rings is 2. The maximum Gasteiger partial charge on any atom is 0.311 e. The third-order valence-corrected chi connectivity index (χ3v) is 4.31. The highest BCUT2D eigenvalue weighted by Crippen LogP contribution is 2.31. The lowest BCUT2D eigenvalue weighted by molar-refractivity contribution is -0.385. The van der Waals surface area contributed by atoms with Gasteiger partial charge < -0.3 is 10.8 Å². The van der Waals surface area contributed by atoms with Gasteiger partial charge in [0.2, 0.25) is 5.95 Å². The van der Waals surface area contributed by atoms with Crippen LogP contribution in [0.15, 0.2) is 60.7 Å². The fraction of sp³-hybridized carbons (Fsp3) is 0.0500. The zero-order valence-electron chi connectivity index (χ0n) is 14.6. The molecule has 0 amide bonds. The van der Waals surface area contributed by atoms with Crippen molar-refractivity contribution in [2.45, 2.75) is 6.42 Å². The molecule has 0 radical (unpaired) electrons. The molecule has 0 saturated carbocycles. The molecule has 0 atom stereocenters. The number of hydrogen-bond acceptors (Lipinski definition) is 7. The number of nitro groups is 1. The number of pyridine rings is 1. The van der Waals surface area contributed by atoms with Gasteiger partial charge in [0.25, 0.3) is 0 Å². The van der Waals surface area contributed by atoms with Crippen molar-refractivity contribution in [3.05, 3.63) is 82.0 Å². The van der Waals surface area contributed by atoms with Crippen molar-refractivity contribution in [2.24, 2.45) is 0 Å². The minimum absolute atomic E-state index is 0.160. The highest BCUT2D eigenvalue weighted by Gasteiger charge is 2.16. The van der Waals surface area contributed by atoms with Crippen molar-refractivity contribution in [1.29, 1.82) is 0 Å². The molecule has 0 aliphatic carbocycles. The topological polar surface area (TPSA) is 128 Å². The zero-order chi connectivity index (χ0) is 19.7. The summed E-state index contributed by atoms with van der Waals surface area (Å²) < 4.78 is 0. The van der Waals surface area contributed by atoms with Gasteiger partial charge in [-0.2, -0.15) is 0 Å². The summed E-state index contributed by atoms with van der Waals surface area (Å²) >= 11 is 0. The predicted octanol–water partition coefficient (Wildman–Crippen LogP) is 3.48. The second kappa shape index (κ2) is 6.92. The summed E-state index contributed by atoms with van der Waals surface area (Å²) in [5.74, 6) is -0.233. The third-order valence-electron chi connectivity index (χ3n) is 4.31. The Bertz CT molecular complexity index is 1200. The summed E-state index contributed by atoms with van der Waals surface area (Å²) in [5, 5.41) is 20.8. The predicted molar refractivity (Wildman–Crippen MR) is 105 cm³/mol. The number of nitrogens with zero attached hydrogens (tertiary/aromatic N) is 4. The number of aromatic nitrogens is 3. The Kier molecular flexibility index (Phi) is 4.29. The van der Waals surface area contributed by atoms with Crippen molar-refractivity contribution in [3.8, 4) is 17.0 Å². The minimum Gasteiger partial charge on any atom is -0.502 e. The first-order valence-corrected chi connectivity index (χ1v) is 8.46. The summed E-state index contributed by atoms with van der Waals surface area (Å²) in [5.41, 5.74) is 9.38. The fourth-order valence-electron chi connectivity index (χ4n) is 3.00. The number of nitro benzene ring substituents is 1. The fourth-order valence-corrected chi connectivity index (χ4v) is 3.00. The second-order valence-electron chi connectivity index (χ2n) is 6.22. The number of nitrogen functional groups attached to an aromatic ring is 1. The molecule has 138 valence electrons. The normalized spacial score (nSPS) is 10.9. The Hall–Kier alpha value is -4.07. The Balaban J connectivity index is 1.84. The smallest absolute Gasteiger partial charge is 0.311 e. The molecule has 2 aromatic carbocycles. The minimum atomic E-state index is -0.634. The number of anilines is 1. The van der Waals surface area contributed by atoms with Crippen LogP contribution in [0.2, 0.25) is 0 Å². The summed E-state index contributed by atoms with van der Waals surface area (Å²) in [6.07, 6.45) is 0.524. The number of phenols is 1. The molecule has 0 saturated heterocycles. The van der Waals surface area contributed by atoms with Crippen LogP contribution in [-0.2, 0) is 6.42 Å². The molecule has 2 aromatic heterocycles. The summed E-state index contributed by atoms with van der Waals surface area (Å²) in [4.78, 5) is 23.7. The molecule has 0 aliphatic heterocycles. The van der Waals surface area contributed by atoms with E-state index in [0.717, 1.165) is 5.56 Å². The zero-order valence-corrected chi connectivity index (χ0v) is 14.6. The van der Waals surface area contributed by atoms with E-state index < -0.39 is 10.7 Å². The lowest BCUT2D eigenvalue weighted by atomic mass is 10.1. The second-order valence-corrected chi connectivity index (χ2v) is 6.22. The first kappa shape index (κ1) is 17.3. The maximum atomic E-state index is 11.1. The van der Waals surface area contributed by atoms with E-state index in [2.05, 4.69) is 15.0 Å². The Morgan fingerprint density at radius 1 is 1.00 bits per heavy atom. The first-order chi connectivity index (χ1) is 13.5. The van der Waals surface area contributed by atoms with Gasteiger partial charge in [0, 0.05) is 18.1 Å². The molecule has 8 nitrogen and oxygen atoms in total. The van der Waals surface area contributed by atoms with Crippen LogP contribution in [0.5, 0.6) is 5.75 Å². The SMILES string of the molecule is Nc1nc(Cc2ccccc2)c2nc(-c3ccc(O)c([N+](=O)[O-])c3)ccc2n1. The van der Waals surface area contributed by atoms with Gasteiger partial charge in [0.15, 0.2) is 5.75 Å². The van der Waals surface area contributed by atoms with E-state index >= 15 is 0 Å². The van der Waals surface area contributed by atoms with Crippen LogP contribution in [0.1, 0.15) is 11.3 Å². The highest BCUT2D eigenvalue weighted by molar-refractivity contribution is 5.81. The molecular formula is C20H15N5O3. The largest absolute Gasteiger partial charge is 0.502 e. The first-order valence-electron chi connectivity index (χ1n) is 8.46. The van der Waals surface area contributed by atoms with Gasteiger partial charge >= 0.3 is 5.69 Å². The van der Waals surface area contributed by atoms with Crippen LogP contribution in [0.3, 0.4) is 0 Å². The van der Waals surface area contributed by atoms with Crippen molar-refractivity contribution in [1.82, 2.24) is 15.0 Å². The van der Waals surface area contributed by atoms with E-state index in [9.17, 15) is 15.2 Å². The van der Waals surface area contributed by atoms with Crippen LogP contribution in [0.4, 0.5) is 11.6 Å². The van der Waals surface area contributed by atoms with Crippen molar-refractivity contribution >= 4 is 22.7 Å². The number of rotatable bonds is 4. The molecular weight excluding hydrogens is 358 g/mol. The molecule has 4 rings (SSSR count). The molecule has 0 spiro atoms. The summed E-state index contributed by atoms with van der Waals surface area (Å²) in [7, 11) is 0. The molecule has 4 aromatic rings. The van der Waals surface area contributed by atoms with Crippen molar-refractivity contribution in [2.75, 3.05) is 5.73 Å².